The second-order valence-electron chi connectivity index (χ2n) is 9.94. The van der Waals surface area contributed by atoms with Gasteiger partial charge in [0.15, 0.2) is 5.13 Å². The number of morpholine rings is 1. The number of anilines is 1. The number of rotatable bonds is 10. The van der Waals surface area contributed by atoms with E-state index in [4.69, 9.17) is 9.72 Å². The highest BCUT2D eigenvalue weighted by Crippen LogP contribution is 2.29. The number of hydrogen-bond acceptors (Lipinski definition) is 5. The van der Waals surface area contributed by atoms with Gasteiger partial charge < -0.3 is 9.64 Å². The molecule has 0 saturated carbocycles. The van der Waals surface area contributed by atoms with Crippen molar-refractivity contribution in [2.75, 3.05) is 51.3 Å². The minimum absolute atomic E-state index is 0.104. The molecule has 0 radical (unpaired) electrons. The van der Waals surface area contributed by atoms with Crippen LogP contribution in [0.1, 0.15) is 29.0 Å². The number of ether oxygens (including phenoxy) is 1. The van der Waals surface area contributed by atoms with Crippen LogP contribution in [-0.2, 0) is 4.74 Å². The van der Waals surface area contributed by atoms with Crippen molar-refractivity contribution in [3.8, 4) is 11.3 Å². The van der Waals surface area contributed by atoms with Crippen molar-refractivity contribution in [3.05, 3.63) is 107 Å². The Bertz CT molecular complexity index is 1270. The van der Waals surface area contributed by atoms with E-state index in [1.54, 1.807) is 0 Å². The fourth-order valence-corrected chi connectivity index (χ4v) is 5.65. The van der Waals surface area contributed by atoms with E-state index < -0.39 is 0 Å². The highest BCUT2D eigenvalue weighted by atomic mass is 32.1. The zero-order valence-electron chi connectivity index (χ0n) is 22.5. The lowest BCUT2D eigenvalue weighted by molar-refractivity contribution is 0.0351. The van der Waals surface area contributed by atoms with E-state index in [-0.39, 0.29) is 11.9 Å². The largest absolute Gasteiger partial charge is 0.379 e. The third-order valence-corrected chi connectivity index (χ3v) is 7.99. The van der Waals surface area contributed by atoms with Gasteiger partial charge in [-0.2, -0.15) is 0 Å². The minimum Gasteiger partial charge on any atom is -0.379 e. The number of amides is 2. The van der Waals surface area contributed by atoms with E-state index in [1.165, 1.54) is 28.0 Å². The molecule has 2 heterocycles. The molecular formula is C32H36N4O2S. The third-order valence-electron chi connectivity index (χ3n) is 7.23. The number of nitrogens with one attached hydrogen (secondary N) is 1. The quantitative estimate of drug-likeness (QED) is 0.249. The predicted molar refractivity (Wildman–Crippen MR) is 159 cm³/mol. The second kappa shape index (κ2) is 13.5. The lowest BCUT2D eigenvalue weighted by atomic mass is 9.88. The number of carbonyl (C=O) groups is 1. The Kier molecular flexibility index (Phi) is 9.38. The highest BCUT2D eigenvalue weighted by Gasteiger charge is 2.21. The van der Waals surface area contributed by atoms with E-state index >= 15 is 0 Å². The van der Waals surface area contributed by atoms with E-state index in [1.807, 2.05) is 22.4 Å². The number of hydrogen-bond donors (Lipinski definition) is 1. The molecule has 1 fully saturated rings. The van der Waals surface area contributed by atoms with Crippen molar-refractivity contribution in [1.29, 1.82) is 0 Å². The molecule has 1 aliphatic rings. The van der Waals surface area contributed by atoms with Gasteiger partial charge in [0, 0.05) is 49.6 Å². The van der Waals surface area contributed by atoms with Crippen molar-refractivity contribution in [2.45, 2.75) is 19.3 Å². The van der Waals surface area contributed by atoms with Crippen LogP contribution in [0.15, 0.2) is 90.3 Å². The zero-order chi connectivity index (χ0) is 26.9. The SMILES string of the molecule is Cc1ccc(-c2csc(NC(=O)N(CCC(c3ccccc3)c3ccccc3)CCN3CCOCC3)n2)cc1. The number of benzene rings is 3. The number of aromatic nitrogens is 1. The van der Waals surface area contributed by atoms with Crippen molar-refractivity contribution < 1.29 is 9.53 Å². The molecule has 1 saturated heterocycles. The summed E-state index contributed by atoms with van der Waals surface area (Å²) < 4.78 is 5.51. The molecule has 6 nitrogen and oxygen atoms in total. The maximum absolute atomic E-state index is 13.6. The van der Waals surface area contributed by atoms with Crippen LogP contribution in [0.3, 0.4) is 0 Å². The predicted octanol–water partition coefficient (Wildman–Crippen LogP) is 6.51. The molecule has 202 valence electrons. The molecule has 0 aliphatic carbocycles. The van der Waals surface area contributed by atoms with Gasteiger partial charge in [0.25, 0.3) is 0 Å². The molecule has 1 aliphatic heterocycles. The van der Waals surface area contributed by atoms with Crippen molar-refractivity contribution in [3.63, 3.8) is 0 Å². The summed E-state index contributed by atoms with van der Waals surface area (Å²) in [6.45, 7) is 7.48. The van der Waals surface area contributed by atoms with Gasteiger partial charge in [-0.05, 0) is 24.5 Å². The Balaban J connectivity index is 1.30. The van der Waals surface area contributed by atoms with Crippen LogP contribution >= 0.6 is 11.3 Å². The Morgan fingerprint density at radius 3 is 2.23 bits per heavy atom. The van der Waals surface area contributed by atoms with Crippen molar-refractivity contribution in [1.82, 2.24) is 14.8 Å². The first-order valence-electron chi connectivity index (χ1n) is 13.6. The van der Waals surface area contributed by atoms with Gasteiger partial charge in [-0.3, -0.25) is 10.2 Å². The first-order valence-corrected chi connectivity index (χ1v) is 14.5. The molecule has 0 bridgehead atoms. The molecule has 1 aromatic heterocycles. The van der Waals surface area contributed by atoms with Gasteiger partial charge in [0.05, 0.1) is 18.9 Å². The van der Waals surface area contributed by atoms with Crippen LogP contribution < -0.4 is 5.32 Å². The molecule has 5 rings (SSSR count). The third kappa shape index (κ3) is 7.53. The first kappa shape index (κ1) is 27.1. The van der Waals surface area contributed by atoms with Crippen LogP contribution in [0, 0.1) is 6.92 Å². The summed E-state index contributed by atoms with van der Waals surface area (Å²) in [6, 6.07) is 29.3. The molecular weight excluding hydrogens is 504 g/mol. The van der Waals surface area contributed by atoms with Crippen molar-refractivity contribution in [2.24, 2.45) is 0 Å². The van der Waals surface area contributed by atoms with Gasteiger partial charge in [-0.15, -0.1) is 11.3 Å². The summed E-state index contributed by atoms with van der Waals surface area (Å²) in [6.07, 6.45) is 0.830. The maximum Gasteiger partial charge on any atom is 0.323 e. The molecule has 3 aromatic carbocycles. The van der Waals surface area contributed by atoms with Crippen LogP contribution in [0.5, 0.6) is 0 Å². The van der Waals surface area contributed by atoms with E-state index in [0.717, 1.165) is 50.5 Å². The number of aryl methyl sites for hydroxylation is 1. The monoisotopic (exact) mass is 540 g/mol. The normalized spacial score (nSPS) is 13.9. The molecule has 4 aromatic rings. The number of carbonyl (C=O) groups excluding carboxylic acids is 1. The molecule has 0 unspecified atom stereocenters. The summed E-state index contributed by atoms with van der Waals surface area (Å²) >= 11 is 1.46. The Morgan fingerprint density at radius 2 is 1.59 bits per heavy atom. The van der Waals surface area contributed by atoms with Gasteiger partial charge in [0.2, 0.25) is 0 Å². The molecule has 7 heteroatoms. The van der Waals surface area contributed by atoms with Crippen LogP contribution in [0.4, 0.5) is 9.93 Å². The van der Waals surface area contributed by atoms with Crippen molar-refractivity contribution >= 4 is 22.5 Å². The van der Waals surface area contributed by atoms with Gasteiger partial charge in [-0.1, -0.05) is 90.5 Å². The van der Waals surface area contributed by atoms with Gasteiger partial charge in [0.1, 0.15) is 0 Å². The average molecular weight is 541 g/mol. The fraction of sp³-hybridized carbons (Fsp3) is 0.312. The summed E-state index contributed by atoms with van der Waals surface area (Å²) in [4.78, 5) is 22.6. The summed E-state index contributed by atoms with van der Waals surface area (Å²) in [5.74, 6) is 0.207. The molecule has 39 heavy (non-hydrogen) atoms. The van der Waals surface area contributed by atoms with Gasteiger partial charge in [-0.25, -0.2) is 9.78 Å². The fourth-order valence-electron chi connectivity index (χ4n) is 4.94. The average Bonchev–Trinajstić information content (AvgIpc) is 3.45. The van der Waals surface area contributed by atoms with Gasteiger partial charge >= 0.3 is 6.03 Å². The smallest absolute Gasteiger partial charge is 0.323 e. The summed E-state index contributed by atoms with van der Waals surface area (Å²) in [5, 5.41) is 5.70. The number of thiazole rings is 1. The van der Waals surface area contributed by atoms with E-state index in [0.29, 0.717) is 18.2 Å². The lowest BCUT2D eigenvalue weighted by Gasteiger charge is -2.31. The highest BCUT2D eigenvalue weighted by molar-refractivity contribution is 7.14. The van der Waals surface area contributed by atoms with Crippen LogP contribution in [0.25, 0.3) is 11.3 Å². The second-order valence-corrected chi connectivity index (χ2v) is 10.8. The van der Waals surface area contributed by atoms with E-state index in [9.17, 15) is 4.79 Å². The molecule has 1 N–H and O–H groups in total. The summed E-state index contributed by atoms with van der Waals surface area (Å²) in [5.41, 5.74) is 5.67. The maximum atomic E-state index is 13.6. The summed E-state index contributed by atoms with van der Waals surface area (Å²) in [7, 11) is 0. The topological polar surface area (TPSA) is 57.7 Å². The minimum atomic E-state index is -0.104. The molecule has 0 atom stereocenters. The Hall–Kier alpha value is -3.52. The Morgan fingerprint density at radius 1 is 0.949 bits per heavy atom. The van der Waals surface area contributed by atoms with Crippen LogP contribution in [0.2, 0.25) is 0 Å². The van der Waals surface area contributed by atoms with E-state index in [2.05, 4.69) is 89.9 Å². The zero-order valence-corrected chi connectivity index (χ0v) is 23.3. The standard InChI is InChI=1S/C32H36N4O2S/c1-25-12-14-28(15-13-25)30-24-39-31(33-30)34-32(37)36(19-18-35-20-22-38-23-21-35)17-16-29(26-8-4-2-5-9-26)27-10-6-3-7-11-27/h2-15,24,29H,16-23H2,1H3,(H,33,34,37). The first-order chi connectivity index (χ1) is 19.2. The Labute approximate surface area is 235 Å². The number of urea groups is 1. The molecule has 0 spiro atoms. The van der Waals surface area contributed by atoms with Crippen LogP contribution in [-0.4, -0.2) is 66.8 Å². The molecule has 2 amide bonds. The lowest BCUT2D eigenvalue weighted by Crippen LogP contribution is -2.44. The number of nitrogens with zero attached hydrogens (tertiary/aromatic N) is 3.